The number of nitrogens with one attached hydrogen (secondary N) is 1. The summed E-state index contributed by atoms with van der Waals surface area (Å²) in [4.78, 5) is 4.22. The standard InChI is InChI=1S/C13H21N3O2S/c1-10-15-12(18-16-10)2-5-14-11-3-6-17-13(8-11)4-7-19-9-13/h11,14H,2-9H2,1H3. The number of aryl methyl sites for hydroxylation is 1. The second-order valence-electron chi connectivity index (χ2n) is 5.46. The summed E-state index contributed by atoms with van der Waals surface area (Å²) in [5, 5.41) is 7.42. The van der Waals surface area contributed by atoms with Gasteiger partial charge in [-0.2, -0.15) is 16.7 Å². The van der Waals surface area contributed by atoms with Crippen LogP contribution >= 0.6 is 11.8 Å². The summed E-state index contributed by atoms with van der Waals surface area (Å²) < 4.78 is 11.1. The summed E-state index contributed by atoms with van der Waals surface area (Å²) in [6, 6.07) is 0.566. The van der Waals surface area contributed by atoms with Crippen molar-refractivity contribution in [1.29, 1.82) is 0 Å². The van der Waals surface area contributed by atoms with Crippen molar-refractivity contribution in [3.63, 3.8) is 0 Å². The normalized spacial score (nSPS) is 31.1. The van der Waals surface area contributed by atoms with E-state index in [9.17, 15) is 0 Å². The minimum absolute atomic E-state index is 0.154. The molecule has 0 radical (unpaired) electrons. The lowest BCUT2D eigenvalue weighted by atomic mass is 9.90. The summed E-state index contributed by atoms with van der Waals surface area (Å²) in [6.45, 7) is 3.63. The van der Waals surface area contributed by atoms with Crippen LogP contribution in [0.2, 0.25) is 0 Å². The Morgan fingerprint density at radius 1 is 1.53 bits per heavy atom. The molecule has 2 atom stereocenters. The zero-order chi connectivity index (χ0) is 13.1. The summed E-state index contributed by atoms with van der Waals surface area (Å²) in [5.74, 6) is 3.84. The van der Waals surface area contributed by atoms with E-state index < -0.39 is 0 Å². The molecule has 19 heavy (non-hydrogen) atoms. The van der Waals surface area contributed by atoms with Gasteiger partial charge in [0.1, 0.15) is 0 Å². The lowest BCUT2D eigenvalue weighted by molar-refractivity contribution is -0.0700. The molecule has 5 nitrogen and oxygen atoms in total. The highest BCUT2D eigenvalue weighted by Crippen LogP contribution is 2.38. The number of thioether (sulfide) groups is 1. The lowest BCUT2D eigenvalue weighted by Gasteiger charge is -2.38. The van der Waals surface area contributed by atoms with Crippen LogP contribution in [0.3, 0.4) is 0 Å². The van der Waals surface area contributed by atoms with Crippen LogP contribution in [0.1, 0.15) is 31.0 Å². The molecule has 3 rings (SSSR count). The molecule has 0 aromatic carbocycles. The smallest absolute Gasteiger partial charge is 0.227 e. The van der Waals surface area contributed by atoms with Gasteiger partial charge in [-0.25, -0.2) is 0 Å². The highest BCUT2D eigenvalue weighted by molar-refractivity contribution is 7.99. The van der Waals surface area contributed by atoms with E-state index in [0.29, 0.717) is 11.9 Å². The monoisotopic (exact) mass is 283 g/mol. The molecule has 2 saturated heterocycles. The van der Waals surface area contributed by atoms with Crippen LogP contribution in [0, 0.1) is 6.92 Å². The molecule has 0 saturated carbocycles. The van der Waals surface area contributed by atoms with Gasteiger partial charge in [0.25, 0.3) is 0 Å². The van der Waals surface area contributed by atoms with E-state index in [1.807, 2.05) is 18.7 Å². The third kappa shape index (κ3) is 3.30. The fourth-order valence-corrected chi connectivity index (χ4v) is 4.27. The van der Waals surface area contributed by atoms with Gasteiger partial charge in [0, 0.05) is 31.4 Å². The maximum atomic E-state index is 6.02. The van der Waals surface area contributed by atoms with Crippen molar-refractivity contribution in [2.45, 2.75) is 44.2 Å². The second-order valence-corrected chi connectivity index (χ2v) is 6.57. The molecule has 3 heterocycles. The first-order chi connectivity index (χ1) is 9.26. The fraction of sp³-hybridized carbons (Fsp3) is 0.846. The third-order valence-corrected chi connectivity index (χ3v) is 5.12. The van der Waals surface area contributed by atoms with Gasteiger partial charge in [0.2, 0.25) is 5.89 Å². The van der Waals surface area contributed by atoms with Crippen molar-refractivity contribution < 1.29 is 9.26 Å². The van der Waals surface area contributed by atoms with E-state index in [1.54, 1.807) is 0 Å². The molecule has 2 fully saturated rings. The molecule has 1 aromatic heterocycles. The van der Waals surface area contributed by atoms with Gasteiger partial charge in [-0.15, -0.1) is 0 Å². The Morgan fingerprint density at radius 2 is 2.47 bits per heavy atom. The van der Waals surface area contributed by atoms with Crippen LogP contribution in [0.25, 0.3) is 0 Å². The Labute approximate surface area is 117 Å². The summed E-state index contributed by atoms with van der Waals surface area (Å²) in [5.41, 5.74) is 0.154. The highest BCUT2D eigenvalue weighted by atomic mass is 32.2. The Bertz CT molecular complexity index is 418. The molecular weight excluding hydrogens is 262 g/mol. The van der Waals surface area contributed by atoms with Crippen LogP contribution in [0.4, 0.5) is 0 Å². The predicted molar refractivity (Wildman–Crippen MR) is 74.4 cm³/mol. The number of ether oxygens (including phenoxy) is 1. The topological polar surface area (TPSA) is 60.2 Å². The molecule has 106 valence electrons. The van der Waals surface area contributed by atoms with E-state index in [1.165, 1.54) is 12.2 Å². The number of rotatable bonds is 4. The number of hydrogen-bond donors (Lipinski definition) is 1. The first-order valence-electron chi connectivity index (χ1n) is 7.00. The van der Waals surface area contributed by atoms with E-state index in [2.05, 4.69) is 15.5 Å². The largest absolute Gasteiger partial charge is 0.374 e. The summed E-state index contributed by atoms with van der Waals surface area (Å²) >= 11 is 2.02. The minimum atomic E-state index is 0.154. The second kappa shape index (κ2) is 5.81. The maximum Gasteiger partial charge on any atom is 0.227 e. The number of hydrogen-bond acceptors (Lipinski definition) is 6. The lowest BCUT2D eigenvalue weighted by Crippen LogP contribution is -2.47. The molecule has 1 aromatic rings. The summed E-state index contributed by atoms with van der Waals surface area (Å²) in [7, 11) is 0. The van der Waals surface area contributed by atoms with Gasteiger partial charge in [0.05, 0.1) is 5.60 Å². The van der Waals surface area contributed by atoms with E-state index >= 15 is 0 Å². The number of nitrogens with zero attached hydrogens (tertiary/aromatic N) is 2. The average molecular weight is 283 g/mol. The van der Waals surface area contributed by atoms with Gasteiger partial charge in [-0.3, -0.25) is 0 Å². The molecule has 1 N–H and O–H groups in total. The van der Waals surface area contributed by atoms with Gasteiger partial charge < -0.3 is 14.6 Å². The third-order valence-electron chi connectivity index (χ3n) is 3.90. The highest BCUT2D eigenvalue weighted by Gasteiger charge is 2.40. The Balaban J connectivity index is 1.45. The van der Waals surface area contributed by atoms with Gasteiger partial charge in [-0.05, 0) is 31.9 Å². The van der Waals surface area contributed by atoms with Crippen LogP contribution in [0.15, 0.2) is 4.52 Å². The maximum absolute atomic E-state index is 6.02. The van der Waals surface area contributed by atoms with Crippen molar-refractivity contribution in [2.24, 2.45) is 0 Å². The van der Waals surface area contributed by atoms with Gasteiger partial charge in [0.15, 0.2) is 5.82 Å². The average Bonchev–Trinajstić information content (AvgIpc) is 3.00. The van der Waals surface area contributed by atoms with Crippen molar-refractivity contribution in [2.75, 3.05) is 24.7 Å². The molecule has 2 unspecified atom stereocenters. The first-order valence-corrected chi connectivity index (χ1v) is 8.16. The van der Waals surface area contributed by atoms with Gasteiger partial charge >= 0.3 is 0 Å². The van der Waals surface area contributed by atoms with Crippen molar-refractivity contribution in [3.05, 3.63) is 11.7 Å². The van der Waals surface area contributed by atoms with E-state index in [4.69, 9.17) is 9.26 Å². The van der Waals surface area contributed by atoms with Crippen molar-refractivity contribution >= 4 is 11.8 Å². The van der Waals surface area contributed by atoms with E-state index in [-0.39, 0.29) is 5.60 Å². The van der Waals surface area contributed by atoms with Crippen LogP contribution in [-0.4, -0.2) is 46.4 Å². The van der Waals surface area contributed by atoms with Crippen molar-refractivity contribution in [3.8, 4) is 0 Å². The molecule has 6 heteroatoms. The molecule has 2 aliphatic heterocycles. The van der Waals surface area contributed by atoms with Crippen molar-refractivity contribution in [1.82, 2.24) is 15.5 Å². The molecule has 2 aliphatic rings. The van der Waals surface area contributed by atoms with Crippen LogP contribution in [0.5, 0.6) is 0 Å². The zero-order valence-electron chi connectivity index (χ0n) is 11.4. The molecule has 0 amide bonds. The molecule has 0 aliphatic carbocycles. The van der Waals surface area contributed by atoms with Crippen LogP contribution in [-0.2, 0) is 11.2 Å². The fourth-order valence-electron chi connectivity index (χ4n) is 2.89. The van der Waals surface area contributed by atoms with Gasteiger partial charge in [-0.1, -0.05) is 5.16 Å². The SMILES string of the molecule is Cc1noc(CCNC2CCOC3(CCSC3)C2)n1. The molecule has 1 spiro atoms. The predicted octanol–water partition coefficient (Wildman–Crippen LogP) is 1.56. The molecular formula is C13H21N3O2S. The minimum Gasteiger partial charge on any atom is -0.374 e. The summed E-state index contributed by atoms with van der Waals surface area (Å²) in [6.07, 6.45) is 4.26. The quantitative estimate of drug-likeness (QED) is 0.905. The Kier molecular flexibility index (Phi) is 4.10. The zero-order valence-corrected chi connectivity index (χ0v) is 12.2. The molecule has 0 bridgehead atoms. The Morgan fingerprint density at radius 3 is 3.21 bits per heavy atom. The number of aromatic nitrogens is 2. The van der Waals surface area contributed by atoms with E-state index in [0.717, 1.165) is 44.1 Å². The Hall–Kier alpha value is -0.590. The van der Waals surface area contributed by atoms with Crippen LogP contribution < -0.4 is 5.32 Å². The first kappa shape index (κ1) is 13.4.